The van der Waals surface area contributed by atoms with Gasteiger partial charge in [0.25, 0.3) is 0 Å². The van der Waals surface area contributed by atoms with Crippen LogP contribution in [0, 0.1) is 11.3 Å². The molecular formula is C21H20N4O2. The zero-order valence-corrected chi connectivity index (χ0v) is 14.9. The van der Waals surface area contributed by atoms with Gasteiger partial charge in [0.1, 0.15) is 17.5 Å². The van der Waals surface area contributed by atoms with Gasteiger partial charge in [0.05, 0.1) is 12.8 Å². The first kappa shape index (κ1) is 18.2. The number of hydrogen-bond acceptors (Lipinski definition) is 6. The van der Waals surface area contributed by atoms with Gasteiger partial charge in [0, 0.05) is 11.1 Å². The largest absolute Gasteiger partial charge is 0.504 e. The number of aromatic nitrogens is 1. The number of pyridine rings is 1. The van der Waals surface area contributed by atoms with Crippen LogP contribution in [0.15, 0.2) is 48.5 Å². The Kier molecular flexibility index (Phi) is 5.25. The van der Waals surface area contributed by atoms with Gasteiger partial charge in [-0.2, -0.15) is 5.26 Å². The number of methoxy groups -OCH3 is 1. The molecule has 0 spiro atoms. The Morgan fingerprint density at radius 2 is 1.81 bits per heavy atom. The van der Waals surface area contributed by atoms with Crippen molar-refractivity contribution in [3.8, 4) is 40.0 Å². The first-order valence-electron chi connectivity index (χ1n) is 8.44. The van der Waals surface area contributed by atoms with E-state index < -0.39 is 0 Å². The number of phenolic OH excluding ortho intramolecular Hbond substituents is 1. The number of nitrogens with zero attached hydrogens (tertiary/aromatic N) is 2. The van der Waals surface area contributed by atoms with Gasteiger partial charge in [-0.15, -0.1) is 0 Å². The molecule has 0 fully saturated rings. The average molecular weight is 360 g/mol. The summed E-state index contributed by atoms with van der Waals surface area (Å²) in [6.07, 6.45) is 0.794. The number of nitrogens with two attached hydrogens (primary N) is 2. The predicted molar refractivity (Wildman–Crippen MR) is 105 cm³/mol. The lowest BCUT2D eigenvalue weighted by Crippen LogP contribution is -2.02. The number of rotatable bonds is 5. The fourth-order valence-corrected chi connectivity index (χ4v) is 2.91. The van der Waals surface area contributed by atoms with E-state index in [9.17, 15) is 10.4 Å². The van der Waals surface area contributed by atoms with Crippen molar-refractivity contribution in [3.05, 3.63) is 59.7 Å². The van der Waals surface area contributed by atoms with E-state index in [-0.39, 0.29) is 11.6 Å². The molecule has 0 aliphatic heterocycles. The summed E-state index contributed by atoms with van der Waals surface area (Å²) in [7, 11) is 1.48. The zero-order valence-electron chi connectivity index (χ0n) is 14.9. The molecule has 0 aliphatic carbocycles. The molecule has 0 saturated carbocycles. The molecule has 5 N–H and O–H groups in total. The number of ether oxygens (including phenoxy) is 1. The second kappa shape index (κ2) is 7.77. The minimum Gasteiger partial charge on any atom is -0.504 e. The Morgan fingerprint density at radius 3 is 2.44 bits per heavy atom. The summed E-state index contributed by atoms with van der Waals surface area (Å²) in [6, 6.07) is 16.8. The third kappa shape index (κ3) is 3.68. The lowest BCUT2D eigenvalue weighted by Gasteiger charge is -2.12. The van der Waals surface area contributed by atoms with E-state index in [1.165, 1.54) is 13.2 Å². The van der Waals surface area contributed by atoms with Crippen molar-refractivity contribution in [2.75, 3.05) is 19.4 Å². The van der Waals surface area contributed by atoms with E-state index in [4.69, 9.17) is 16.2 Å². The molecule has 6 heteroatoms. The smallest absolute Gasteiger partial charge is 0.161 e. The molecule has 27 heavy (non-hydrogen) atoms. The summed E-state index contributed by atoms with van der Waals surface area (Å²) in [5.41, 5.74) is 16.0. The fraction of sp³-hybridized carbons (Fsp3) is 0.143. The monoisotopic (exact) mass is 360 g/mol. The molecule has 3 rings (SSSR count). The minimum atomic E-state index is 0.0404. The quantitative estimate of drug-likeness (QED) is 0.643. The average Bonchev–Trinajstić information content (AvgIpc) is 2.68. The molecule has 136 valence electrons. The number of nitriles is 1. The van der Waals surface area contributed by atoms with Gasteiger partial charge < -0.3 is 21.3 Å². The Morgan fingerprint density at radius 1 is 1.11 bits per heavy atom. The van der Waals surface area contributed by atoms with E-state index in [0.29, 0.717) is 29.1 Å². The Labute approximate surface area is 157 Å². The molecule has 0 atom stereocenters. The summed E-state index contributed by atoms with van der Waals surface area (Å²) in [5.74, 6) is 0.534. The molecule has 6 nitrogen and oxygen atoms in total. The maximum Gasteiger partial charge on any atom is 0.161 e. The maximum atomic E-state index is 9.80. The number of phenols is 1. The van der Waals surface area contributed by atoms with E-state index in [2.05, 4.69) is 11.1 Å². The summed E-state index contributed by atoms with van der Waals surface area (Å²) in [5, 5.41) is 19.3. The van der Waals surface area contributed by atoms with E-state index in [1.807, 2.05) is 30.3 Å². The first-order chi connectivity index (χ1) is 13.1. The Balaban J connectivity index is 2.13. The number of anilines is 1. The van der Waals surface area contributed by atoms with Crippen LogP contribution in [0.4, 0.5) is 5.82 Å². The Hall–Kier alpha value is -3.56. The maximum absolute atomic E-state index is 9.80. The second-order valence-electron chi connectivity index (χ2n) is 6.05. The lowest BCUT2D eigenvalue weighted by atomic mass is 9.97. The molecule has 0 radical (unpaired) electrons. The lowest BCUT2D eigenvalue weighted by molar-refractivity contribution is 0.373. The molecule has 0 unspecified atom stereocenters. The summed E-state index contributed by atoms with van der Waals surface area (Å²) in [4.78, 5) is 4.35. The molecule has 0 aliphatic rings. The van der Waals surface area contributed by atoms with Crippen LogP contribution < -0.4 is 16.2 Å². The minimum absolute atomic E-state index is 0.0404. The molecule has 0 saturated heterocycles. The molecule has 0 bridgehead atoms. The SMILES string of the molecule is COc1cc(-c2cc(-c3ccc(CCN)cc3)c(C#N)c(N)n2)ccc1O. The van der Waals surface area contributed by atoms with Gasteiger partial charge in [-0.1, -0.05) is 24.3 Å². The van der Waals surface area contributed by atoms with Crippen molar-refractivity contribution in [2.45, 2.75) is 6.42 Å². The second-order valence-corrected chi connectivity index (χ2v) is 6.05. The van der Waals surface area contributed by atoms with Crippen LogP contribution in [0.2, 0.25) is 0 Å². The fourth-order valence-electron chi connectivity index (χ4n) is 2.91. The third-order valence-corrected chi connectivity index (χ3v) is 4.33. The number of benzene rings is 2. The highest BCUT2D eigenvalue weighted by atomic mass is 16.5. The number of aromatic hydroxyl groups is 1. The van der Waals surface area contributed by atoms with Gasteiger partial charge in [0.15, 0.2) is 11.5 Å². The molecule has 3 aromatic rings. The third-order valence-electron chi connectivity index (χ3n) is 4.33. The van der Waals surface area contributed by atoms with Crippen molar-refractivity contribution in [3.63, 3.8) is 0 Å². The summed E-state index contributed by atoms with van der Waals surface area (Å²) >= 11 is 0. The van der Waals surface area contributed by atoms with Crippen molar-refractivity contribution < 1.29 is 9.84 Å². The highest BCUT2D eigenvalue weighted by molar-refractivity contribution is 5.80. The molecule has 1 heterocycles. The van der Waals surface area contributed by atoms with Gasteiger partial charge in [-0.3, -0.25) is 0 Å². The van der Waals surface area contributed by atoms with Crippen LogP contribution in [0.1, 0.15) is 11.1 Å². The van der Waals surface area contributed by atoms with Crippen LogP contribution in [0.3, 0.4) is 0 Å². The normalized spacial score (nSPS) is 10.4. The van der Waals surface area contributed by atoms with Gasteiger partial charge >= 0.3 is 0 Å². The van der Waals surface area contributed by atoms with E-state index >= 15 is 0 Å². The Bertz CT molecular complexity index is 1010. The van der Waals surface area contributed by atoms with Crippen molar-refractivity contribution in [2.24, 2.45) is 5.73 Å². The van der Waals surface area contributed by atoms with Crippen molar-refractivity contribution in [1.82, 2.24) is 4.98 Å². The number of nitrogen functional groups attached to an aromatic ring is 1. The molecule has 1 aromatic heterocycles. The van der Waals surface area contributed by atoms with E-state index in [1.54, 1.807) is 12.1 Å². The predicted octanol–water partition coefficient (Wildman–Crippen LogP) is 3.08. The molecule has 2 aromatic carbocycles. The van der Waals surface area contributed by atoms with Crippen LogP contribution in [0.25, 0.3) is 22.4 Å². The molecular weight excluding hydrogens is 340 g/mol. The number of hydrogen-bond donors (Lipinski definition) is 3. The highest BCUT2D eigenvalue weighted by Crippen LogP contribution is 2.35. The van der Waals surface area contributed by atoms with Gasteiger partial charge in [0.2, 0.25) is 0 Å². The van der Waals surface area contributed by atoms with Gasteiger partial charge in [-0.05, 0) is 48.4 Å². The first-order valence-corrected chi connectivity index (χ1v) is 8.44. The van der Waals surface area contributed by atoms with E-state index in [0.717, 1.165) is 23.1 Å². The van der Waals surface area contributed by atoms with Crippen LogP contribution in [-0.2, 0) is 6.42 Å². The van der Waals surface area contributed by atoms with Gasteiger partial charge in [-0.25, -0.2) is 4.98 Å². The standard InChI is InChI=1S/C21H20N4O2/c1-27-20-10-15(6-7-19(20)26)18-11-16(17(12-23)21(24)25-18)14-4-2-13(3-5-14)8-9-22/h2-7,10-11,26H,8-9,22H2,1H3,(H2,24,25). The van der Waals surface area contributed by atoms with Crippen LogP contribution >= 0.6 is 0 Å². The van der Waals surface area contributed by atoms with Crippen molar-refractivity contribution in [1.29, 1.82) is 5.26 Å². The van der Waals surface area contributed by atoms with Crippen LogP contribution in [-0.4, -0.2) is 23.7 Å². The topological polar surface area (TPSA) is 118 Å². The summed E-state index contributed by atoms with van der Waals surface area (Å²) in [6.45, 7) is 0.581. The highest BCUT2D eigenvalue weighted by Gasteiger charge is 2.14. The zero-order chi connectivity index (χ0) is 19.4. The van der Waals surface area contributed by atoms with Crippen LogP contribution in [0.5, 0.6) is 11.5 Å². The summed E-state index contributed by atoms with van der Waals surface area (Å²) < 4.78 is 5.16. The molecule has 0 amide bonds. The van der Waals surface area contributed by atoms with Crippen molar-refractivity contribution >= 4 is 5.82 Å².